The normalized spacial score (nSPS) is 10.7. The highest BCUT2D eigenvalue weighted by molar-refractivity contribution is 6.06. The fourth-order valence-electron chi connectivity index (χ4n) is 4.57. The molecule has 4 rings (SSSR count). The van der Waals surface area contributed by atoms with Crippen molar-refractivity contribution in [3.8, 4) is 0 Å². The zero-order chi connectivity index (χ0) is 34.1. The first-order valence-electron chi connectivity index (χ1n) is 14.5. The number of rotatable bonds is 14. The van der Waals surface area contributed by atoms with Gasteiger partial charge in [0.05, 0.1) is 22.4 Å². The number of imidazole rings is 1. The maximum Gasteiger partial charge on any atom is 0.274 e. The smallest absolute Gasteiger partial charge is 0.274 e. The average molecular weight is 647 g/mol. The third-order valence-electron chi connectivity index (χ3n) is 6.73. The van der Waals surface area contributed by atoms with Crippen molar-refractivity contribution in [1.82, 2.24) is 19.1 Å². The molecule has 0 aliphatic rings. The fourth-order valence-corrected chi connectivity index (χ4v) is 4.57. The van der Waals surface area contributed by atoms with Crippen LogP contribution < -0.4 is 44.2 Å². The number of aryl methyl sites for hydroxylation is 2. The zero-order valence-electron chi connectivity index (χ0n) is 26.0. The monoisotopic (exact) mass is 646 g/mol. The van der Waals surface area contributed by atoms with Gasteiger partial charge in [0.15, 0.2) is 11.9 Å². The van der Waals surface area contributed by atoms with E-state index in [0.717, 1.165) is 0 Å². The molecule has 0 bridgehead atoms. The molecule has 0 atom stereocenters. The van der Waals surface area contributed by atoms with Crippen LogP contribution in [0.1, 0.15) is 46.7 Å². The van der Waals surface area contributed by atoms with E-state index in [2.05, 4.69) is 41.2 Å². The molecule has 0 unspecified atom stereocenters. The number of amides is 4. The molecule has 18 nitrogen and oxygen atoms in total. The summed E-state index contributed by atoms with van der Waals surface area (Å²) in [4.78, 5) is 65.6. The van der Waals surface area contributed by atoms with Gasteiger partial charge in [-0.2, -0.15) is 0 Å². The lowest BCUT2D eigenvalue weighted by Gasteiger charge is -2.05. The predicted molar refractivity (Wildman–Crippen MR) is 180 cm³/mol. The lowest BCUT2D eigenvalue weighted by Crippen LogP contribution is -2.23. The Balaban J connectivity index is 1.33. The van der Waals surface area contributed by atoms with Crippen molar-refractivity contribution in [3.05, 3.63) is 54.1 Å². The van der Waals surface area contributed by atoms with Crippen LogP contribution in [0, 0.1) is 0 Å². The van der Waals surface area contributed by atoms with Crippen molar-refractivity contribution in [2.45, 2.75) is 25.7 Å². The first kappa shape index (κ1) is 33.6. The highest BCUT2D eigenvalue weighted by Gasteiger charge is 2.17. The minimum Gasteiger partial charge on any atom is -0.370 e. The number of aromatic nitrogens is 4. The van der Waals surface area contributed by atoms with E-state index in [-0.39, 0.29) is 42.5 Å². The number of guanidine groups is 2. The molecule has 4 amide bonds. The summed E-state index contributed by atoms with van der Waals surface area (Å²) >= 11 is 0. The zero-order valence-corrected chi connectivity index (χ0v) is 26.0. The Morgan fingerprint density at radius 2 is 1.23 bits per heavy atom. The number of H-pyrrole nitrogens is 1. The van der Waals surface area contributed by atoms with E-state index >= 15 is 0 Å². The van der Waals surface area contributed by atoms with Crippen LogP contribution in [0.3, 0.4) is 0 Å². The molecule has 0 saturated carbocycles. The van der Waals surface area contributed by atoms with E-state index in [1.165, 1.54) is 0 Å². The van der Waals surface area contributed by atoms with E-state index in [1.807, 2.05) is 0 Å². The second kappa shape index (κ2) is 15.1. The van der Waals surface area contributed by atoms with Gasteiger partial charge in [-0.25, -0.2) is 4.98 Å². The number of nitrogens with two attached hydrogens (primary N) is 4. The molecule has 0 aliphatic carbocycles. The summed E-state index contributed by atoms with van der Waals surface area (Å²) in [7, 11) is 3.37. The molecule has 3 heterocycles. The first-order chi connectivity index (χ1) is 22.4. The molecule has 0 saturated heterocycles. The Hall–Kier alpha value is -6.33. The number of hydrogen-bond donors (Lipinski definition) is 9. The Morgan fingerprint density at radius 1 is 0.723 bits per heavy atom. The van der Waals surface area contributed by atoms with Crippen molar-refractivity contribution >= 4 is 69.6 Å². The van der Waals surface area contributed by atoms with E-state index in [1.54, 1.807) is 66.0 Å². The molecule has 18 heteroatoms. The van der Waals surface area contributed by atoms with Gasteiger partial charge in [-0.1, -0.05) is 0 Å². The number of hydrogen-bond acceptors (Lipinski definition) is 7. The molecular formula is C29H38N14O4. The number of nitrogens with one attached hydrogen (secondary N) is 5. The summed E-state index contributed by atoms with van der Waals surface area (Å²) < 4.78 is 3.18. The van der Waals surface area contributed by atoms with Gasteiger partial charge >= 0.3 is 0 Å². The van der Waals surface area contributed by atoms with E-state index in [9.17, 15) is 19.2 Å². The maximum atomic E-state index is 13.0. The summed E-state index contributed by atoms with van der Waals surface area (Å²) in [6.07, 6.45) is 4.63. The number of carbonyl (C=O) groups excluding carboxylic acids is 4. The first-order valence-corrected chi connectivity index (χ1v) is 14.5. The van der Waals surface area contributed by atoms with Crippen molar-refractivity contribution in [3.63, 3.8) is 0 Å². The summed E-state index contributed by atoms with van der Waals surface area (Å²) in [6, 6.07) is 8.18. The number of carbonyl (C=O) groups is 4. The quantitative estimate of drug-likeness (QED) is 0.0529. The highest BCUT2D eigenvalue weighted by atomic mass is 16.2. The van der Waals surface area contributed by atoms with Gasteiger partial charge < -0.3 is 53.0 Å². The number of aliphatic imine (C=N–C) groups is 2. The van der Waals surface area contributed by atoms with Gasteiger partial charge in [0.1, 0.15) is 11.4 Å². The van der Waals surface area contributed by atoms with Crippen LogP contribution in [-0.4, -0.2) is 67.7 Å². The van der Waals surface area contributed by atoms with Gasteiger partial charge in [0, 0.05) is 58.1 Å². The average Bonchev–Trinajstić information content (AvgIpc) is 3.68. The number of fused-ring (bicyclic) bond motifs is 1. The topological polar surface area (TPSA) is 284 Å². The van der Waals surface area contributed by atoms with Crippen LogP contribution in [0.15, 0.2) is 52.7 Å². The van der Waals surface area contributed by atoms with Crippen LogP contribution in [-0.2, 0) is 23.7 Å². The van der Waals surface area contributed by atoms with Crippen LogP contribution in [0.25, 0.3) is 11.0 Å². The third kappa shape index (κ3) is 9.58. The Morgan fingerprint density at radius 3 is 1.74 bits per heavy atom. The standard InChI is InChI=1S/C29H38N14O4/c1-42-14-17(36-23(44)5-3-9-34-27(30)31)12-21(42)25(46)38-16-7-8-19-20(11-16)40-29(39-19)41-26(47)22-13-18(15-43(22)2)37-24(45)6-4-10-35-28(32)33/h7-8,11-15H,3-6,9-10H2,1-2H3,(H,36,44)(H,37,45)(H,38,46)(H4,30,31,34)(H4,32,33,35)(H2,39,40,41,47). The molecule has 0 radical (unpaired) electrons. The molecule has 0 aliphatic heterocycles. The van der Waals surface area contributed by atoms with E-state index in [4.69, 9.17) is 22.9 Å². The van der Waals surface area contributed by atoms with Gasteiger partial charge in [-0.3, -0.25) is 34.5 Å². The Kier molecular flexibility index (Phi) is 10.8. The van der Waals surface area contributed by atoms with Crippen molar-refractivity contribution in [2.24, 2.45) is 47.0 Å². The molecular weight excluding hydrogens is 608 g/mol. The highest BCUT2D eigenvalue weighted by Crippen LogP contribution is 2.22. The number of anilines is 4. The van der Waals surface area contributed by atoms with E-state index in [0.29, 0.717) is 65.4 Å². The molecule has 3 aromatic heterocycles. The lowest BCUT2D eigenvalue weighted by molar-refractivity contribution is -0.117. The predicted octanol–water partition coefficient (Wildman–Crippen LogP) is 0.729. The summed E-state index contributed by atoms with van der Waals surface area (Å²) in [5.41, 5.74) is 24.3. The second-order valence-electron chi connectivity index (χ2n) is 10.6. The largest absolute Gasteiger partial charge is 0.370 e. The van der Waals surface area contributed by atoms with Crippen molar-refractivity contribution in [2.75, 3.05) is 34.4 Å². The molecule has 248 valence electrons. The van der Waals surface area contributed by atoms with Gasteiger partial charge in [-0.15, -0.1) is 0 Å². The molecule has 0 fully saturated rings. The van der Waals surface area contributed by atoms with Crippen LogP contribution in [0.4, 0.5) is 23.0 Å². The molecule has 4 aromatic rings. The Bertz CT molecular complexity index is 1750. The number of nitrogens with zero attached hydrogens (tertiary/aromatic N) is 5. The van der Waals surface area contributed by atoms with E-state index < -0.39 is 11.8 Å². The van der Waals surface area contributed by atoms with Gasteiger partial charge in [0.2, 0.25) is 17.8 Å². The van der Waals surface area contributed by atoms with Crippen molar-refractivity contribution in [1.29, 1.82) is 0 Å². The number of aromatic amines is 1. The summed E-state index contributed by atoms with van der Waals surface area (Å²) in [5.74, 6) is -1.17. The fraction of sp³-hybridized carbons (Fsp3) is 0.276. The SMILES string of the molecule is Cn1cc(NC(=O)CCCN=C(N)N)cc1C(=O)Nc1ccc2nc(NC(=O)c3cc(NC(=O)CCCN=C(N)N)cn3C)[nH]c2c1. The molecule has 1 aromatic carbocycles. The van der Waals surface area contributed by atoms with Gasteiger partial charge in [0.25, 0.3) is 11.8 Å². The maximum absolute atomic E-state index is 13.0. The van der Waals surface area contributed by atoms with Crippen LogP contribution in [0.5, 0.6) is 0 Å². The van der Waals surface area contributed by atoms with Gasteiger partial charge in [-0.05, 0) is 43.2 Å². The minimum atomic E-state index is -0.450. The van der Waals surface area contributed by atoms with Crippen LogP contribution >= 0.6 is 0 Å². The Labute approximate surface area is 269 Å². The van der Waals surface area contributed by atoms with Crippen LogP contribution in [0.2, 0.25) is 0 Å². The molecule has 13 N–H and O–H groups in total. The lowest BCUT2D eigenvalue weighted by atomic mass is 10.2. The minimum absolute atomic E-state index is 0.0285. The van der Waals surface area contributed by atoms with Crippen molar-refractivity contribution < 1.29 is 19.2 Å². The summed E-state index contributed by atoms with van der Waals surface area (Å²) in [6.45, 7) is 0.676. The molecule has 0 spiro atoms. The second-order valence-corrected chi connectivity index (χ2v) is 10.6. The third-order valence-corrected chi connectivity index (χ3v) is 6.73. The molecule has 47 heavy (non-hydrogen) atoms. The number of benzene rings is 1. The summed E-state index contributed by atoms with van der Waals surface area (Å²) in [5, 5.41) is 11.1.